The van der Waals surface area contributed by atoms with E-state index in [-0.39, 0.29) is 28.9 Å². The summed E-state index contributed by atoms with van der Waals surface area (Å²) in [6.45, 7) is 2.77. The van der Waals surface area contributed by atoms with Gasteiger partial charge >= 0.3 is 5.97 Å². The van der Waals surface area contributed by atoms with Crippen LogP contribution in [0.2, 0.25) is 0 Å². The van der Waals surface area contributed by atoms with Gasteiger partial charge in [0.2, 0.25) is 5.91 Å². The quantitative estimate of drug-likeness (QED) is 0.822. The number of hydrogen-bond acceptors (Lipinski definition) is 3. The minimum absolute atomic E-state index is 0.140. The van der Waals surface area contributed by atoms with Crippen molar-refractivity contribution < 1.29 is 19.4 Å². The molecule has 3 aliphatic rings. The number of carbonyl (C=O) groups excluding carboxylic acids is 1. The summed E-state index contributed by atoms with van der Waals surface area (Å²) in [5.41, 5.74) is -0.0550. The fraction of sp³-hybridized carbons (Fsp3) is 0.867. The van der Waals surface area contributed by atoms with Crippen molar-refractivity contribution in [2.24, 2.45) is 11.3 Å². The fourth-order valence-corrected chi connectivity index (χ4v) is 3.50. The van der Waals surface area contributed by atoms with Crippen molar-refractivity contribution in [2.75, 3.05) is 6.61 Å². The largest absolute Gasteiger partial charge is 0.481 e. The van der Waals surface area contributed by atoms with E-state index in [2.05, 4.69) is 12.2 Å². The Morgan fingerprint density at radius 3 is 2.60 bits per heavy atom. The Kier molecular flexibility index (Phi) is 3.27. The molecule has 1 saturated heterocycles. The van der Waals surface area contributed by atoms with E-state index < -0.39 is 5.97 Å². The van der Waals surface area contributed by atoms with Gasteiger partial charge in [-0.3, -0.25) is 9.59 Å². The fourth-order valence-electron chi connectivity index (χ4n) is 3.50. The number of carbonyl (C=O) groups is 2. The van der Waals surface area contributed by atoms with Crippen molar-refractivity contribution in [3.63, 3.8) is 0 Å². The molecule has 1 amide bonds. The van der Waals surface area contributed by atoms with Gasteiger partial charge in [0.25, 0.3) is 0 Å². The molecule has 112 valence electrons. The Bertz CT molecular complexity index is 424. The van der Waals surface area contributed by atoms with E-state index in [0.717, 1.165) is 25.7 Å². The number of rotatable bonds is 4. The standard InChI is InChI=1S/C15H23NO4/c1-14(3-4-14)9-12(17)16-11-2-5-20-15(8-11)6-10(7-15)13(18)19/h10-11H,2-9H2,1H3,(H,16,17)(H,18,19). The number of nitrogens with one attached hydrogen (secondary N) is 1. The number of ether oxygens (including phenoxy) is 1. The molecule has 2 aliphatic carbocycles. The van der Waals surface area contributed by atoms with Crippen molar-refractivity contribution in [1.29, 1.82) is 0 Å². The topological polar surface area (TPSA) is 75.6 Å². The molecule has 0 bridgehead atoms. The third-order valence-electron chi connectivity index (χ3n) is 5.14. The Morgan fingerprint density at radius 1 is 1.30 bits per heavy atom. The second-order valence-electron chi connectivity index (χ2n) is 7.22. The number of carboxylic acid groups (broad SMARTS) is 1. The molecular weight excluding hydrogens is 258 g/mol. The zero-order valence-corrected chi connectivity index (χ0v) is 12.0. The molecule has 5 nitrogen and oxygen atoms in total. The molecule has 5 heteroatoms. The van der Waals surface area contributed by atoms with Crippen LogP contribution in [-0.2, 0) is 14.3 Å². The van der Waals surface area contributed by atoms with Gasteiger partial charge in [0, 0.05) is 19.1 Å². The van der Waals surface area contributed by atoms with Gasteiger partial charge in [0.05, 0.1) is 11.5 Å². The molecule has 3 fully saturated rings. The van der Waals surface area contributed by atoms with Crippen LogP contribution in [0.4, 0.5) is 0 Å². The lowest BCUT2D eigenvalue weighted by molar-refractivity contribution is -0.182. The molecular formula is C15H23NO4. The van der Waals surface area contributed by atoms with Crippen LogP contribution in [0.3, 0.4) is 0 Å². The predicted octanol–water partition coefficient (Wildman–Crippen LogP) is 1.71. The van der Waals surface area contributed by atoms with Crippen LogP contribution < -0.4 is 5.32 Å². The second-order valence-corrected chi connectivity index (χ2v) is 7.22. The molecule has 0 radical (unpaired) electrons. The van der Waals surface area contributed by atoms with Gasteiger partial charge < -0.3 is 15.2 Å². The van der Waals surface area contributed by atoms with E-state index in [1.807, 2.05) is 0 Å². The molecule has 1 heterocycles. The van der Waals surface area contributed by atoms with Gasteiger partial charge in [-0.15, -0.1) is 0 Å². The highest BCUT2D eigenvalue weighted by molar-refractivity contribution is 5.77. The summed E-state index contributed by atoms with van der Waals surface area (Å²) in [4.78, 5) is 22.9. The minimum atomic E-state index is -0.730. The lowest BCUT2D eigenvalue weighted by atomic mass is 9.66. The summed E-state index contributed by atoms with van der Waals surface area (Å²) in [7, 11) is 0. The normalized spacial score (nSPS) is 38.0. The van der Waals surface area contributed by atoms with Gasteiger partial charge in [-0.1, -0.05) is 6.92 Å². The van der Waals surface area contributed by atoms with Crippen molar-refractivity contribution in [1.82, 2.24) is 5.32 Å². The average Bonchev–Trinajstić information content (AvgIpc) is 3.03. The number of hydrogen-bond donors (Lipinski definition) is 2. The Labute approximate surface area is 119 Å². The number of amides is 1. The van der Waals surface area contributed by atoms with E-state index in [9.17, 15) is 9.59 Å². The van der Waals surface area contributed by atoms with Gasteiger partial charge in [-0.25, -0.2) is 0 Å². The molecule has 1 aliphatic heterocycles. The Morgan fingerprint density at radius 2 is 2.00 bits per heavy atom. The van der Waals surface area contributed by atoms with E-state index in [4.69, 9.17) is 9.84 Å². The zero-order valence-electron chi connectivity index (χ0n) is 12.0. The van der Waals surface area contributed by atoms with Gasteiger partial charge in [0.15, 0.2) is 0 Å². The van der Waals surface area contributed by atoms with Crippen LogP contribution >= 0.6 is 0 Å². The minimum Gasteiger partial charge on any atom is -0.481 e. The summed E-state index contributed by atoms with van der Waals surface area (Å²) in [6.07, 6.45) is 5.70. The molecule has 1 unspecified atom stereocenters. The van der Waals surface area contributed by atoms with Gasteiger partial charge in [-0.2, -0.15) is 0 Å². The summed E-state index contributed by atoms with van der Waals surface area (Å²) in [6, 6.07) is 0.147. The highest BCUT2D eigenvalue weighted by Crippen LogP contribution is 2.48. The highest BCUT2D eigenvalue weighted by atomic mass is 16.5. The number of aliphatic carboxylic acids is 1. The van der Waals surface area contributed by atoms with Crippen molar-refractivity contribution in [2.45, 2.75) is 63.5 Å². The SMILES string of the molecule is CC1(CC(=O)NC2CCOC3(C2)CC(C(=O)O)C3)CC1. The monoisotopic (exact) mass is 281 g/mol. The molecule has 1 atom stereocenters. The maximum atomic E-state index is 12.0. The zero-order chi connectivity index (χ0) is 14.4. The van der Waals surface area contributed by atoms with E-state index in [1.165, 1.54) is 0 Å². The maximum absolute atomic E-state index is 12.0. The molecule has 2 saturated carbocycles. The van der Waals surface area contributed by atoms with Crippen LogP contribution in [0.15, 0.2) is 0 Å². The molecule has 2 N–H and O–H groups in total. The van der Waals surface area contributed by atoms with Crippen molar-refractivity contribution in [3.8, 4) is 0 Å². The van der Waals surface area contributed by atoms with E-state index >= 15 is 0 Å². The second kappa shape index (κ2) is 4.72. The Hall–Kier alpha value is -1.10. The molecule has 20 heavy (non-hydrogen) atoms. The van der Waals surface area contributed by atoms with Crippen LogP contribution in [0.25, 0.3) is 0 Å². The van der Waals surface area contributed by atoms with Crippen molar-refractivity contribution in [3.05, 3.63) is 0 Å². The molecule has 0 aromatic carbocycles. The first-order chi connectivity index (χ1) is 9.40. The summed E-state index contributed by atoms with van der Waals surface area (Å²) < 4.78 is 5.79. The average molecular weight is 281 g/mol. The predicted molar refractivity (Wildman–Crippen MR) is 72.2 cm³/mol. The summed E-state index contributed by atoms with van der Waals surface area (Å²) in [5.74, 6) is -0.858. The molecule has 0 aromatic heterocycles. The van der Waals surface area contributed by atoms with Crippen LogP contribution in [0, 0.1) is 11.3 Å². The summed E-state index contributed by atoms with van der Waals surface area (Å²) in [5, 5.41) is 12.1. The van der Waals surface area contributed by atoms with Crippen molar-refractivity contribution >= 4 is 11.9 Å². The smallest absolute Gasteiger partial charge is 0.306 e. The first kappa shape index (κ1) is 13.9. The van der Waals surface area contributed by atoms with Crippen LogP contribution in [0.5, 0.6) is 0 Å². The highest BCUT2D eigenvalue weighted by Gasteiger charge is 2.51. The Balaban J connectivity index is 1.49. The van der Waals surface area contributed by atoms with Gasteiger partial charge in [0.1, 0.15) is 0 Å². The summed E-state index contributed by atoms with van der Waals surface area (Å²) >= 11 is 0. The third kappa shape index (κ3) is 2.82. The number of carboxylic acids is 1. The first-order valence-electron chi connectivity index (χ1n) is 7.56. The first-order valence-corrected chi connectivity index (χ1v) is 7.56. The molecule has 0 aromatic rings. The van der Waals surface area contributed by atoms with E-state index in [0.29, 0.717) is 25.9 Å². The van der Waals surface area contributed by atoms with Crippen LogP contribution in [-0.4, -0.2) is 35.2 Å². The molecule has 1 spiro atoms. The lowest BCUT2D eigenvalue weighted by Crippen LogP contribution is -2.56. The van der Waals surface area contributed by atoms with E-state index in [1.54, 1.807) is 0 Å². The third-order valence-corrected chi connectivity index (χ3v) is 5.14. The maximum Gasteiger partial charge on any atom is 0.306 e. The van der Waals surface area contributed by atoms with Gasteiger partial charge in [-0.05, 0) is 43.9 Å². The molecule has 3 rings (SSSR count). The van der Waals surface area contributed by atoms with Crippen LogP contribution in [0.1, 0.15) is 51.9 Å². The lowest BCUT2D eigenvalue weighted by Gasteiger charge is -2.50.